The fraction of sp³-hybridized carbons (Fsp3) is 0.192. The lowest BCUT2D eigenvalue weighted by Gasteiger charge is -2.17. The summed E-state index contributed by atoms with van der Waals surface area (Å²) in [6.07, 6.45) is 9.72. The molecule has 32 heavy (non-hydrogen) atoms. The number of thioether (sulfide) groups is 1. The highest BCUT2D eigenvalue weighted by atomic mass is 32.2. The molecule has 1 unspecified atom stereocenters. The Morgan fingerprint density at radius 3 is 2.53 bits per heavy atom. The summed E-state index contributed by atoms with van der Waals surface area (Å²) in [5.41, 5.74) is 5.10. The smallest absolute Gasteiger partial charge is 0.326 e. The van der Waals surface area contributed by atoms with E-state index in [0.717, 1.165) is 27.8 Å². The van der Waals surface area contributed by atoms with Gasteiger partial charge in [0.15, 0.2) is 0 Å². The first-order valence-electron chi connectivity index (χ1n) is 10.3. The Balaban J connectivity index is 1.98. The summed E-state index contributed by atoms with van der Waals surface area (Å²) in [7, 11) is 0. The maximum atomic E-state index is 13.1. The molecule has 1 atom stereocenters. The van der Waals surface area contributed by atoms with E-state index in [1.807, 2.05) is 73.9 Å². The molecule has 3 aromatic rings. The van der Waals surface area contributed by atoms with E-state index >= 15 is 0 Å². The summed E-state index contributed by atoms with van der Waals surface area (Å²) < 4.78 is 0. The van der Waals surface area contributed by atoms with Gasteiger partial charge in [-0.05, 0) is 71.4 Å². The largest absolute Gasteiger partial charge is 0.480 e. The number of aryl methyl sites for hydroxylation is 1. The fourth-order valence-corrected chi connectivity index (χ4v) is 3.83. The van der Waals surface area contributed by atoms with Crippen molar-refractivity contribution in [2.75, 3.05) is 12.0 Å². The van der Waals surface area contributed by atoms with Crippen molar-refractivity contribution in [3.05, 3.63) is 89.2 Å². The Bertz CT molecular complexity index is 1110. The van der Waals surface area contributed by atoms with Crippen LogP contribution in [0.15, 0.2) is 67.0 Å². The average Bonchev–Trinajstić information content (AvgIpc) is 2.81. The zero-order valence-corrected chi connectivity index (χ0v) is 18.9. The van der Waals surface area contributed by atoms with Gasteiger partial charge in [-0.2, -0.15) is 11.8 Å². The highest BCUT2D eigenvalue weighted by Crippen LogP contribution is 2.29. The zero-order valence-electron chi connectivity index (χ0n) is 18.1. The van der Waals surface area contributed by atoms with Crippen LogP contribution in [-0.2, 0) is 4.79 Å². The van der Waals surface area contributed by atoms with Gasteiger partial charge in [-0.15, -0.1) is 0 Å². The molecule has 0 aliphatic rings. The highest BCUT2D eigenvalue weighted by molar-refractivity contribution is 7.98. The molecule has 0 saturated carbocycles. The number of hydrogen-bond acceptors (Lipinski definition) is 4. The van der Waals surface area contributed by atoms with Crippen LogP contribution in [0.2, 0.25) is 0 Å². The van der Waals surface area contributed by atoms with E-state index in [1.165, 1.54) is 0 Å². The summed E-state index contributed by atoms with van der Waals surface area (Å²) in [6.45, 7) is 1.99. The molecule has 6 heteroatoms. The number of aliphatic carboxylic acids is 1. The fourth-order valence-electron chi connectivity index (χ4n) is 3.36. The number of carboxylic acids is 1. The number of carbonyl (C=O) groups is 2. The van der Waals surface area contributed by atoms with Gasteiger partial charge in [-0.3, -0.25) is 9.78 Å². The zero-order chi connectivity index (χ0) is 22.9. The van der Waals surface area contributed by atoms with Crippen LogP contribution < -0.4 is 5.32 Å². The monoisotopic (exact) mass is 446 g/mol. The summed E-state index contributed by atoms with van der Waals surface area (Å²) in [5.74, 6) is -0.764. The number of carbonyl (C=O) groups excluding carboxylic acids is 1. The summed E-state index contributed by atoms with van der Waals surface area (Å²) in [4.78, 5) is 28.8. The second kappa shape index (κ2) is 11.3. The molecule has 0 radical (unpaired) electrons. The number of benzene rings is 2. The Kier molecular flexibility index (Phi) is 8.22. The van der Waals surface area contributed by atoms with Crippen molar-refractivity contribution in [2.45, 2.75) is 19.4 Å². The Morgan fingerprint density at radius 1 is 1.06 bits per heavy atom. The third-order valence-corrected chi connectivity index (χ3v) is 5.73. The number of rotatable bonds is 9. The lowest BCUT2D eigenvalue weighted by molar-refractivity contribution is -0.139. The first-order chi connectivity index (χ1) is 15.5. The van der Waals surface area contributed by atoms with Crippen LogP contribution in [0.25, 0.3) is 23.3 Å². The lowest BCUT2D eigenvalue weighted by Crippen LogP contribution is -2.41. The molecular formula is C26H26N2O3S. The topological polar surface area (TPSA) is 79.3 Å². The minimum absolute atomic E-state index is 0.369. The van der Waals surface area contributed by atoms with Gasteiger partial charge in [-0.25, -0.2) is 4.79 Å². The lowest BCUT2D eigenvalue weighted by atomic mass is 9.93. The summed E-state index contributed by atoms with van der Waals surface area (Å²) >= 11 is 1.55. The molecular weight excluding hydrogens is 420 g/mol. The quantitative estimate of drug-likeness (QED) is 0.474. The summed E-state index contributed by atoms with van der Waals surface area (Å²) in [6, 6.07) is 16.3. The van der Waals surface area contributed by atoms with Gasteiger partial charge in [0, 0.05) is 18.0 Å². The van der Waals surface area contributed by atoms with Crippen LogP contribution in [0.3, 0.4) is 0 Å². The van der Waals surface area contributed by atoms with Crippen molar-refractivity contribution in [2.24, 2.45) is 0 Å². The van der Waals surface area contributed by atoms with Crippen LogP contribution >= 0.6 is 11.8 Å². The maximum absolute atomic E-state index is 13.1. The Morgan fingerprint density at radius 2 is 1.84 bits per heavy atom. The molecule has 0 aliphatic heterocycles. The number of hydrogen-bond donors (Lipinski definition) is 2. The van der Waals surface area contributed by atoms with Gasteiger partial charge in [-0.1, -0.05) is 48.6 Å². The molecule has 1 amide bonds. The van der Waals surface area contributed by atoms with Gasteiger partial charge >= 0.3 is 5.97 Å². The first kappa shape index (κ1) is 23.3. The third kappa shape index (κ3) is 6.08. The number of nitrogens with zero attached hydrogens (tertiary/aromatic N) is 1. The van der Waals surface area contributed by atoms with E-state index in [4.69, 9.17) is 0 Å². The molecule has 0 fully saturated rings. The van der Waals surface area contributed by atoms with Crippen molar-refractivity contribution < 1.29 is 14.7 Å². The van der Waals surface area contributed by atoms with Gasteiger partial charge in [0.05, 0.1) is 0 Å². The van der Waals surface area contributed by atoms with E-state index in [-0.39, 0.29) is 5.91 Å². The minimum atomic E-state index is -1.03. The molecule has 2 aromatic carbocycles. The van der Waals surface area contributed by atoms with Crippen molar-refractivity contribution in [3.63, 3.8) is 0 Å². The highest BCUT2D eigenvalue weighted by Gasteiger charge is 2.22. The number of carboxylic acid groups (broad SMARTS) is 1. The predicted octanol–water partition coefficient (Wildman–Crippen LogP) is 5.16. The van der Waals surface area contributed by atoms with Crippen LogP contribution in [0, 0.1) is 6.92 Å². The first-order valence-corrected chi connectivity index (χ1v) is 11.7. The normalized spacial score (nSPS) is 11.9. The molecule has 2 N–H and O–H groups in total. The number of pyridine rings is 1. The van der Waals surface area contributed by atoms with Crippen LogP contribution in [0.4, 0.5) is 0 Å². The molecule has 0 spiro atoms. The van der Waals surface area contributed by atoms with Gasteiger partial charge in [0.1, 0.15) is 6.04 Å². The molecule has 1 heterocycles. The van der Waals surface area contributed by atoms with Crippen molar-refractivity contribution in [3.8, 4) is 11.1 Å². The van der Waals surface area contributed by atoms with Crippen LogP contribution in [0.1, 0.15) is 33.5 Å². The van der Waals surface area contributed by atoms with Gasteiger partial charge in [0.25, 0.3) is 5.91 Å². The third-order valence-electron chi connectivity index (χ3n) is 5.09. The SMILES string of the molecule is CSCCC(NC(=O)c1ccc(/C=C/c2cccnc2)cc1-c1ccccc1C)C(=O)O. The van der Waals surface area contributed by atoms with E-state index in [0.29, 0.717) is 17.7 Å². The second-order valence-electron chi connectivity index (χ2n) is 7.39. The number of amides is 1. The minimum Gasteiger partial charge on any atom is -0.480 e. The molecule has 164 valence electrons. The molecule has 0 aliphatic carbocycles. The van der Waals surface area contributed by atoms with E-state index in [2.05, 4.69) is 10.3 Å². The summed E-state index contributed by atoms with van der Waals surface area (Å²) in [5, 5.41) is 12.2. The molecule has 0 bridgehead atoms. The number of nitrogens with one attached hydrogen (secondary N) is 1. The number of aromatic nitrogens is 1. The molecule has 1 aromatic heterocycles. The molecule has 0 saturated heterocycles. The van der Waals surface area contributed by atoms with Crippen LogP contribution in [0.5, 0.6) is 0 Å². The van der Waals surface area contributed by atoms with E-state index < -0.39 is 12.0 Å². The van der Waals surface area contributed by atoms with Crippen molar-refractivity contribution >= 4 is 35.8 Å². The maximum Gasteiger partial charge on any atom is 0.326 e. The van der Waals surface area contributed by atoms with E-state index in [9.17, 15) is 14.7 Å². The van der Waals surface area contributed by atoms with Crippen LogP contribution in [-0.4, -0.2) is 40.0 Å². The second-order valence-corrected chi connectivity index (χ2v) is 8.37. The Labute approximate surface area is 192 Å². The van der Waals surface area contributed by atoms with E-state index in [1.54, 1.807) is 30.2 Å². The predicted molar refractivity (Wildman–Crippen MR) is 132 cm³/mol. The Hall–Kier alpha value is -3.38. The molecule has 3 rings (SSSR count). The van der Waals surface area contributed by atoms with Crippen molar-refractivity contribution in [1.29, 1.82) is 0 Å². The average molecular weight is 447 g/mol. The van der Waals surface area contributed by atoms with Gasteiger partial charge < -0.3 is 10.4 Å². The standard InChI is InChI=1S/C26H26N2O3S/c1-18-6-3-4-8-21(18)23-16-19(9-10-20-7-5-14-27-17-20)11-12-22(23)25(29)28-24(26(30)31)13-15-32-2/h3-12,14,16-17,24H,13,15H2,1-2H3,(H,28,29)(H,30,31)/b10-9+. The van der Waals surface area contributed by atoms with Gasteiger partial charge in [0.2, 0.25) is 0 Å². The molecule has 5 nitrogen and oxygen atoms in total. The van der Waals surface area contributed by atoms with Crippen molar-refractivity contribution in [1.82, 2.24) is 10.3 Å².